The number of aryl methyl sites for hydroxylation is 1. The predicted molar refractivity (Wildman–Crippen MR) is 127 cm³/mol. The maximum Gasteiger partial charge on any atom is 0.327 e. The van der Waals surface area contributed by atoms with Crippen molar-refractivity contribution in [2.75, 3.05) is 5.32 Å². The lowest BCUT2D eigenvalue weighted by Crippen LogP contribution is -2.19. The second-order valence-corrected chi connectivity index (χ2v) is 7.96. The van der Waals surface area contributed by atoms with Crippen molar-refractivity contribution in [2.45, 2.75) is 25.8 Å². The molecule has 31 heavy (non-hydrogen) atoms. The van der Waals surface area contributed by atoms with E-state index < -0.39 is 0 Å². The summed E-state index contributed by atoms with van der Waals surface area (Å²) in [5.41, 5.74) is 5.67. The molecule has 0 saturated carbocycles. The molecule has 0 spiro atoms. The van der Waals surface area contributed by atoms with Crippen molar-refractivity contribution in [1.29, 1.82) is 0 Å². The number of fused-ring (bicyclic) bond motifs is 3. The summed E-state index contributed by atoms with van der Waals surface area (Å²) < 4.78 is 3.66. The van der Waals surface area contributed by atoms with Gasteiger partial charge in [0.25, 0.3) is 0 Å². The van der Waals surface area contributed by atoms with E-state index in [2.05, 4.69) is 57.2 Å². The number of anilines is 1. The predicted octanol–water partition coefficient (Wildman–Crippen LogP) is 3.96. The van der Waals surface area contributed by atoms with Crippen LogP contribution >= 0.6 is 12.6 Å². The van der Waals surface area contributed by atoms with E-state index in [0.717, 1.165) is 11.1 Å². The van der Waals surface area contributed by atoms with Gasteiger partial charge in [-0.05, 0) is 23.6 Å². The van der Waals surface area contributed by atoms with E-state index in [1.165, 1.54) is 11.1 Å². The number of aromatic nitrogens is 4. The van der Waals surface area contributed by atoms with Crippen molar-refractivity contribution in [2.24, 2.45) is 4.99 Å². The van der Waals surface area contributed by atoms with E-state index in [9.17, 15) is 4.79 Å². The molecule has 4 aromatic rings. The first-order valence-electron chi connectivity index (χ1n) is 10.0. The van der Waals surface area contributed by atoms with Gasteiger partial charge in [0.1, 0.15) is 17.2 Å². The first kappa shape index (κ1) is 19.4. The van der Waals surface area contributed by atoms with Gasteiger partial charge in [0, 0.05) is 5.75 Å². The van der Waals surface area contributed by atoms with Gasteiger partial charge >= 0.3 is 5.69 Å². The van der Waals surface area contributed by atoms with Crippen LogP contribution in [0.4, 0.5) is 11.6 Å². The summed E-state index contributed by atoms with van der Waals surface area (Å²) in [5, 5.41) is 3.16. The van der Waals surface area contributed by atoms with Crippen LogP contribution in [0.2, 0.25) is 0 Å². The molecule has 7 nitrogen and oxygen atoms in total. The van der Waals surface area contributed by atoms with Gasteiger partial charge in [0.2, 0.25) is 0 Å². The Morgan fingerprint density at radius 1 is 0.968 bits per heavy atom. The highest BCUT2D eigenvalue weighted by atomic mass is 32.1. The van der Waals surface area contributed by atoms with Crippen molar-refractivity contribution >= 4 is 30.6 Å². The first-order valence-corrected chi connectivity index (χ1v) is 10.7. The third-order valence-corrected chi connectivity index (χ3v) is 5.80. The van der Waals surface area contributed by atoms with Crippen LogP contribution in [0.25, 0.3) is 11.4 Å². The summed E-state index contributed by atoms with van der Waals surface area (Å²) in [6, 6.07) is 16.5. The lowest BCUT2D eigenvalue weighted by molar-refractivity contribution is 0.770. The third-order valence-electron chi connectivity index (χ3n) is 5.44. The average molecular weight is 431 g/mol. The molecule has 0 atom stereocenters. The Morgan fingerprint density at radius 2 is 1.65 bits per heavy atom. The van der Waals surface area contributed by atoms with E-state index in [0.29, 0.717) is 41.9 Å². The van der Waals surface area contributed by atoms with Gasteiger partial charge in [-0.15, -0.1) is 0 Å². The number of imidazole rings is 2. The van der Waals surface area contributed by atoms with Crippen molar-refractivity contribution in [3.8, 4) is 11.4 Å². The van der Waals surface area contributed by atoms with E-state index >= 15 is 0 Å². The molecule has 0 fully saturated rings. The Labute approximate surface area is 184 Å². The number of aliphatic imine (C=N–C) groups is 1. The Bertz CT molecular complexity index is 1310. The Kier molecular flexibility index (Phi) is 4.99. The van der Waals surface area contributed by atoms with E-state index in [1.54, 1.807) is 17.2 Å². The van der Waals surface area contributed by atoms with Crippen molar-refractivity contribution in [3.63, 3.8) is 0 Å². The lowest BCUT2D eigenvalue weighted by Gasteiger charge is -2.07. The van der Waals surface area contributed by atoms with Crippen molar-refractivity contribution < 1.29 is 0 Å². The fraction of sp³-hybridized carbons (Fsp3) is 0.174. The molecule has 3 heterocycles. The summed E-state index contributed by atoms with van der Waals surface area (Å²) in [4.78, 5) is 24.9. The molecule has 0 saturated heterocycles. The van der Waals surface area contributed by atoms with Gasteiger partial charge < -0.3 is 14.9 Å². The minimum atomic E-state index is -0.184. The highest BCUT2D eigenvalue weighted by Gasteiger charge is 2.23. The zero-order valence-electron chi connectivity index (χ0n) is 17.0. The number of hydrogen-bond donors (Lipinski definition) is 3. The molecule has 0 aliphatic carbocycles. The fourth-order valence-corrected chi connectivity index (χ4v) is 3.93. The standard InChI is InChI=1S/C23H22N6OS/c1-15-2-4-17(5-3-15)11-29-22-20(27-23(29)30)19-21(24-13-25-22)28(14-26-19)10-16-6-8-18(12-31)9-7-16/h2-9,13-14,31H,10-12H2,1H3,(H,24,25)(H,27,30). The van der Waals surface area contributed by atoms with Crippen LogP contribution in [0.5, 0.6) is 0 Å². The first-order chi connectivity index (χ1) is 15.1. The Morgan fingerprint density at radius 3 is 2.39 bits per heavy atom. The van der Waals surface area contributed by atoms with Crippen LogP contribution < -0.4 is 11.0 Å². The second kappa shape index (κ2) is 7.96. The summed E-state index contributed by atoms with van der Waals surface area (Å²) in [6.45, 7) is 3.14. The van der Waals surface area contributed by atoms with Gasteiger partial charge in [0.15, 0.2) is 5.82 Å². The van der Waals surface area contributed by atoms with Crippen LogP contribution in [0.15, 0.2) is 64.6 Å². The number of nitrogens with zero attached hydrogens (tertiary/aromatic N) is 4. The molecular weight excluding hydrogens is 408 g/mol. The summed E-state index contributed by atoms with van der Waals surface area (Å²) in [7, 11) is 0. The number of nitrogens with one attached hydrogen (secondary N) is 2. The molecule has 0 bridgehead atoms. The van der Waals surface area contributed by atoms with E-state index in [-0.39, 0.29) is 5.69 Å². The number of H-pyrrole nitrogens is 1. The number of aromatic amines is 1. The maximum atomic E-state index is 12.7. The summed E-state index contributed by atoms with van der Waals surface area (Å²) in [5.74, 6) is 2.08. The van der Waals surface area contributed by atoms with Crippen molar-refractivity contribution in [1.82, 2.24) is 19.1 Å². The normalized spacial score (nSPS) is 12.2. The average Bonchev–Trinajstić information content (AvgIpc) is 3.25. The highest BCUT2D eigenvalue weighted by Crippen LogP contribution is 2.34. The molecule has 0 radical (unpaired) electrons. The van der Waals surface area contributed by atoms with Crippen LogP contribution in [-0.4, -0.2) is 25.4 Å². The number of thiol groups is 1. The molecule has 5 rings (SSSR count). The quantitative estimate of drug-likeness (QED) is 0.419. The van der Waals surface area contributed by atoms with Gasteiger partial charge in [-0.3, -0.25) is 4.57 Å². The molecule has 0 unspecified atom stereocenters. The highest BCUT2D eigenvalue weighted by molar-refractivity contribution is 7.79. The fourth-order valence-electron chi connectivity index (χ4n) is 3.72. The van der Waals surface area contributed by atoms with Crippen LogP contribution in [0.1, 0.15) is 22.3 Å². The van der Waals surface area contributed by atoms with Crippen LogP contribution in [-0.2, 0) is 18.8 Å². The molecule has 1 aliphatic heterocycles. The smallest absolute Gasteiger partial charge is 0.327 e. The minimum absolute atomic E-state index is 0.184. The van der Waals surface area contributed by atoms with Gasteiger partial charge in [0.05, 0.1) is 25.8 Å². The summed E-state index contributed by atoms with van der Waals surface area (Å²) in [6.07, 6.45) is 3.38. The SMILES string of the molecule is Cc1ccc(Cn2c3c([nH]c2=O)-c2ncn(Cc4ccc(CS)cc4)c2N=CN3)cc1. The van der Waals surface area contributed by atoms with Gasteiger partial charge in [-0.2, -0.15) is 12.6 Å². The lowest BCUT2D eigenvalue weighted by atomic mass is 10.1. The molecule has 2 aromatic carbocycles. The number of benzene rings is 2. The largest absolute Gasteiger partial charge is 0.330 e. The molecule has 1 aliphatic rings. The van der Waals surface area contributed by atoms with E-state index in [4.69, 9.17) is 0 Å². The van der Waals surface area contributed by atoms with Crippen molar-refractivity contribution in [3.05, 3.63) is 87.6 Å². The molecule has 0 amide bonds. The number of hydrogen-bond acceptors (Lipinski definition) is 5. The second-order valence-electron chi connectivity index (χ2n) is 7.65. The third kappa shape index (κ3) is 3.70. The van der Waals surface area contributed by atoms with Crippen LogP contribution in [0, 0.1) is 6.92 Å². The van der Waals surface area contributed by atoms with Gasteiger partial charge in [-0.1, -0.05) is 54.1 Å². The van der Waals surface area contributed by atoms with Gasteiger partial charge in [-0.25, -0.2) is 14.8 Å². The number of rotatable bonds is 5. The van der Waals surface area contributed by atoms with E-state index in [1.807, 2.05) is 35.8 Å². The molecule has 156 valence electrons. The topological polar surface area (TPSA) is 80.0 Å². The monoisotopic (exact) mass is 430 g/mol. The molecular formula is C23H22N6OS. The zero-order valence-corrected chi connectivity index (χ0v) is 17.9. The molecule has 8 heteroatoms. The maximum absolute atomic E-state index is 12.7. The Balaban J connectivity index is 1.49. The zero-order chi connectivity index (χ0) is 21.4. The molecule has 2 aromatic heterocycles. The summed E-state index contributed by atoms with van der Waals surface area (Å²) >= 11 is 4.31. The Hall–Kier alpha value is -3.52. The van der Waals surface area contributed by atoms with Crippen LogP contribution in [0.3, 0.4) is 0 Å². The molecule has 2 N–H and O–H groups in total. The minimum Gasteiger partial charge on any atom is -0.330 e.